The molecule has 1 saturated heterocycles. The summed E-state index contributed by atoms with van der Waals surface area (Å²) in [6, 6.07) is 18.8. The Morgan fingerprint density at radius 2 is 1.58 bits per heavy atom. The summed E-state index contributed by atoms with van der Waals surface area (Å²) in [6.07, 6.45) is 1.81. The van der Waals surface area contributed by atoms with E-state index in [0.29, 0.717) is 18.7 Å². The molecule has 1 aliphatic heterocycles. The summed E-state index contributed by atoms with van der Waals surface area (Å²) < 4.78 is 0. The molecule has 3 rings (SSSR count). The minimum absolute atomic E-state index is 0.0332. The second-order valence-electron chi connectivity index (χ2n) is 6.72. The van der Waals surface area contributed by atoms with Crippen LogP contribution in [-0.2, 0) is 4.79 Å². The van der Waals surface area contributed by atoms with Crippen molar-refractivity contribution >= 4 is 11.8 Å². The number of rotatable bonds is 5. The molecule has 5 heteroatoms. The number of nitrogens with one attached hydrogen (secondary N) is 1. The van der Waals surface area contributed by atoms with Gasteiger partial charge in [-0.2, -0.15) is 0 Å². The van der Waals surface area contributed by atoms with Crippen LogP contribution in [0.1, 0.15) is 41.2 Å². The van der Waals surface area contributed by atoms with Crippen LogP contribution in [0, 0.1) is 0 Å². The lowest BCUT2D eigenvalue weighted by atomic mass is 10.0. The van der Waals surface area contributed by atoms with Crippen LogP contribution >= 0.6 is 0 Å². The normalized spacial score (nSPS) is 16.1. The Kier molecular flexibility index (Phi) is 6.02. The SMILES string of the molecule is NC(CC(=O)NC1CCN(C(=O)c2ccccc2)CC1)c1ccccc1. The summed E-state index contributed by atoms with van der Waals surface area (Å²) in [7, 11) is 0. The fourth-order valence-electron chi connectivity index (χ4n) is 3.29. The third-order valence-corrected chi connectivity index (χ3v) is 4.80. The van der Waals surface area contributed by atoms with Gasteiger partial charge in [-0.3, -0.25) is 9.59 Å². The fraction of sp³-hybridized carbons (Fsp3) is 0.333. The zero-order valence-electron chi connectivity index (χ0n) is 14.8. The highest BCUT2D eigenvalue weighted by atomic mass is 16.2. The van der Waals surface area contributed by atoms with Gasteiger partial charge < -0.3 is 16.0 Å². The Bertz CT molecular complexity index is 725. The standard InChI is InChI=1S/C21H25N3O2/c22-19(16-7-3-1-4-8-16)15-20(25)23-18-11-13-24(14-12-18)21(26)17-9-5-2-6-10-17/h1-10,18-19H,11-15,22H2,(H,23,25). The zero-order valence-corrected chi connectivity index (χ0v) is 14.8. The number of hydrogen-bond donors (Lipinski definition) is 2. The highest BCUT2D eigenvalue weighted by Crippen LogP contribution is 2.16. The average molecular weight is 351 g/mol. The molecule has 136 valence electrons. The van der Waals surface area contributed by atoms with Crippen LogP contribution in [-0.4, -0.2) is 35.8 Å². The molecule has 0 aromatic heterocycles. The molecule has 1 atom stereocenters. The van der Waals surface area contributed by atoms with E-state index in [2.05, 4.69) is 5.32 Å². The topological polar surface area (TPSA) is 75.4 Å². The average Bonchev–Trinajstić information content (AvgIpc) is 2.69. The van der Waals surface area contributed by atoms with Crippen molar-refractivity contribution < 1.29 is 9.59 Å². The lowest BCUT2D eigenvalue weighted by molar-refractivity contribution is -0.122. The number of carbonyl (C=O) groups is 2. The molecule has 5 nitrogen and oxygen atoms in total. The molecular weight excluding hydrogens is 326 g/mol. The van der Waals surface area contributed by atoms with Crippen molar-refractivity contribution in [2.45, 2.75) is 31.3 Å². The molecule has 1 aliphatic rings. The predicted octanol–water partition coefficient (Wildman–Crippen LogP) is 2.50. The maximum absolute atomic E-state index is 12.5. The van der Waals surface area contributed by atoms with E-state index in [4.69, 9.17) is 5.73 Å². The number of benzene rings is 2. The van der Waals surface area contributed by atoms with E-state index < -0.39 is 0 Å². The van der Waals surface area contributed by atoms with E-state index in [-0.39, 0.29) is 30.3 Å². The number of hydrogen-bond acceptors (Lipinski definition) is 3. The third-order valence-electron chi connectivity index (χ3n) is 4.80. The van der Waals surface area contributed by atoms with Gasteiger partial charge in [0.2, 0.25) is 5.91 Å². The molecule has 3 N–H and O–H groups in total. The van der Waals surface area contributed by atoms with Crippen molar-refractivity contribution in [3.8, 4) is 0 Å². The Balaban J connectivity index is 1.45. The number of nitrogens with zero attached hydrogens (tertiary/aromatic N) is 1. The van der Waals surface area contributed by atoms with E-state index in [1.807, 2.05) is 65.6 Å². The monoisotopic (exact) mass is 351 g/mol. The number of carbonyl (C=O) groups excluding carboxylic acids is 2. The highest BCUT2D eigenvalue weighted by molar-refractivity contribution is 5.94. The van der Waals surface area contributed by atoms with Gasteiger partial charge in [0.15, 0.2) is 0 Å². The molecule has 1 fully saturated rings. The second-order valence-corrected chi connectivity index (χ2v) is 6.72. The Morgan fingerprint density at radius 3 is 2.19 bits per heavy atom. The Hall–Kier alpha value is -2.66. The van der Waals surface area contributed by atoms with Gasteiger partial charge in [-0.1, -0.05) is 48.5 Å². The quantitative estimate of drug-likeness (QED) is 0.869. The molecular formula is C21H25N3O2. The molecule has 0 aliphatic carbocycles. The fourth-order valence-corrected chi connectivity index (χ4v) is 3.29. The van der Waals surface area contributed by atoms with Crippen LogP contribution < -0.4 is 11.1 Å². The first-order valence-corrected chi connectivity index (χ1v) is 9.07. The van der Waals surface area contributed by atoms with Crippen LogP contribution in [0.4, 0.5) is 0 Å². The lowest BCUT2D eigenvalue weighted by Crippen LogP contribution is -2.46. The van der Waals surface area contributed by atoms with Gasteiger partial charge >= 0.3 is 0 Å². The van der Waals surface area contributed by atoms with Gasteiger partial charge in [0.25, 0.3) is 5.91 Å². The maximum atomic E-state index is 12.5. The first-order chi connectivity index (χ1) is 12.6. The molecule has 0 bridgehead atoms. The number of piperidine rings is 1. The van der Waals surface area contributed by atoms with Gasteiger partial charge in [-0.25, -0.2) is 0 Å². The van der Waals surface area contributed by atoms with E-state index >= 15 is 0 Å². The summed E-state index contributed by atoms with van der Waals surface area (Å²) in [6.45, 7) is 1.31. The van der Waals surface area contributed by atoms with Crippen LogP contribution in [0.25, 0.3) is 0 Å². The minimum Gasteiger partial charge on any atom is -0.353 e. The van der Waals surface area contributed by atoms with E-state index in [1.54, 1.807) is 0 Å². The molecule has 0 radical (unpaired) electrons. The van der Waals surface area contributed by atoms with Crippen LogP contribution in [0.2, 0.25) is 0 Å². The van der Waals surface area contributed by atoms with E-state index in [1.165, 1.54) is 0 Å². The van der Waals surface area contributed by atoms with Crippen LogP contribution in [0.15, 0.2) is 60.7 Å². The number of nitrogens with two attached hydrogens (primary N) is 1. The summed E-state index contributed by atoms with van der Waals surface area (Å²) >= 11 is 0. The van der Waals surface area contributed by atoms with Gasteiger partial charge in [-0.05, 0) is 30.5 Å². The summed E-state index contributed by atoms with van der Waals surface area (Å²) in [5.74, 6) is 0.0238. The molecule has 0 spiro atoms. The molecule has 26 heavy (non-hydrogen) atoms. The van der Waals surface area contributed by atoms with Crippen molar-refractivity contribution in [3.63, 3.8) is 0 Å². The third kappa shape index (κ3) is 4.70. The zero-order chi connectivity index (χ0) is 18.4. The molecule has 1 unspecified atom stereocenters. The molecule has 1 heterocycles. The van der Waals surface area contributed by atoms with Gasteiger partial charge in [0.05, 0.1) is 0 Å². The molecule has 2 aromatic carbocycles. The van der Waals surface area contributed by atoms with Gasteiger partial charge in [-0.15, -0.1) is 0 Å². The first-order valence-electron chi connectivity index (χ1n) is 9.07. The first kappa shape index (κ1) is 18.1. The van der Waals surface area contributed by atoms with E-state index in [9.17, 15) is 9.59 Å². The summed E-state index contributed by atoms with van der Waals surface area (Å²) in [5.41, 5.74) is 7.79. The van der Waals surface area contributed by atoms with Crippen molar-refractivity contribution in [1.29, 1.82) is 0 Å². The van der Waals surface area contributed by atoms with Gasteiger partial charge in [0.1, 0.15) is 0 Å². The molecule has 2 amide bonds. The van der Waals surface area contributed by atoms with Crippen molar-refractivity contribution in [1.82, 2.24) is 10.2 Å². The summed E-state index contributed by atoms with van der Waals surface area (Å²) in [5, 5.41) is 3.06. The second kappa shape index (κ2) is 8.63. The van der Waals surface area contributed by atoms with Crippen molar-refractivity contribution in [3.05, 3.63) is 71.8 Å². The van der Waals surface area contributed by atoms with Gasteiger partial charge in [0, 0.05) is 37.2 Å². The van der Waals surface area contributed by atoms with Crippen molar-refractivity contribution in [2.24, 2.45) is 5.73 Å². The Morgan fingerprint density at radius 1 is 1.00 bits per heavy atom. The highest BCUT2D eigenvalue weighted by Gasteiger charge is 2.25. The molecule has 2 aromatic rings. The van der Waals surface area contributed by atoms with Crippen LogP contribution in [0.5, 0.6) is 0 Å². The largest absolute Gasteiger partial charge is 0.353 e. The lowest BCUT2D eigenvalue weighted by Gasteiger charge is -2.32. The minimum atomic E-state index is -0.295. The van der Waals surface area contributed by atoms with Crippen molar-refractivity contribution in [2.75, 3.05) is 13.1 Å². The number of likely N-dealkylation sites (tertiary alicyclic amines) is 1. The summed E-state index contributed by atoms with van der Waals surface area (Å²) in [4.78, 5) is 26.6. The number of amides is 2. The molecule has 0 saturated carbocycles. The smallest absolute Gasteiger partial charge is 0.253 e. The maximum Gasteiger partial charge on any atom is 0.253 e. The predicted molar refractivity (Wildman–Crippen MR) is 101 cm³/mol. The van der Waals surface area contributed by atoms with Crippen LogP contribution in [0.3, 0.4) is 0 Å². The Labute approximate surface area is 154 Å². The van der Waals surface area contributed by atoms with E-state index in [0.717, 1.165) is 18.4 Å².